The van der Waals surface area contributed by atoms with Gasteiger partial charge in [-0.25, -0.2) is 0 Å². The van der Waals surface area contributed by atoms with Gasteiger partial charge in [0.25, 0.3) is 0 Å². The van der Waals surface area contributed by atoms with Crippen molar-refractivity contribution in [3.63, 3.8) is 0 Å². The van der Waals surface area contributed by atoms with Crippen LogP contribution in [-0.4, -0.2) is 41.6 Å². The van der Waals surface area contributed by atoms with E-state index in [0.717, 1.165) is 24.8 Å². The van der Waals surface area contributed by atoms with Gasteiger partial charge in [0, 0.05) is 13.0 Å². The summed E-state index contributed by atoms with van der Waals surface area (Å²) in [5, 5.41) is 9.50. The van der Waals surface area contributed by atoms with E-state index in [1.807, 2.05) is 12.1 Å². The highest BCUT2D eigenvalue weighted by Gasteiger charge is 2.56. The lowest BCUT2D eigenvalue weighted by Gasteiger charge is -2.33. The Balaban J connectivity index is 1.55. The third-order valence-electron chi connectivity index (χ3n) is 7.31. The van der Waals surface area contributed by atoms with Crippen LogP contribution in [0.3, 0.4) is 0 Å². The molecule has 4 rings (SSSR count). The molecule has 0 saturated carbocycles. The molecule has 166 valence electrons. The van der Waals surface area contributed by atoms with Gasteiger partial charge in [-0.1, -0.05) is 50.1 Å². The zero-order chi connectivity index (χ0) is 22.3. The van der Waals surface area contributed by atoms with Crippen molar-refractivity contribution in [1.82, 2.24) is 4.90 Å². The van der Waals surface area contributed by atoms with Crippen LogP contribution >= 0.6 is 0 Å². The molecular weight excluding hydrogens is 390 g/mol. The molecule has 1 N–H and O–H groups in total. The number of fused-ring (bicyclic) bond motifs is 3. The van der Waals surface area contributed by atoms with Crippen LogP contribution < -0.4 is 0 Å². The first-order valence-electron chi connectivity index (χ1n) is 11.5. The first-order valence-corrected chi connectivity index (χ1v) is 11.5. The number of imide groups is 1. The Bertz CT molecular complexity index is 927. The standard InChI is InChI=1S/C26H33NO4/c1-5-16(12-17-6-9-18(28)10-7-17)8-11-22-23-19(15(2)3)13-20-24(21(23)14-31-22)26(30)27(4)25(20)29/h6-7,9-10,12,15,20-22,24,28H,5,8,11,13-14H2,1-4H3/b16-12+/t20-,21+,22-,24-/m1/s1. The van der Waals surface area contributed by atoms with Crippen LogP contribution in [0.1, 0.15) is 52.0 Å². The fraction of sp³-hybridized carbons (Fsp3) is 0.538. The Morgan fingerprint density at radius 1 is 1.19 bits per heavy atom. The van der Waals surface area contributed by atoms with Crippen molar-refractivity contribution in [2.24, 2.45) is 23.7 Å². The van der Waals surface area contributed by atoms with Gasteiger partial charge in [0.2, 0.25) is 11.8 Å². The zero-order valence-electron chi connectivity index (χ0n) is 18.9. The van der Waals surface area contributed by atoms with Crippen LogP contribution in [0.5, 0.6) is 5.75 Å². The fourth-order valence-electron chi connectivity index (χ4n) is 5.59. The van der Waals surface area contributed by atoms with Crippen molar-refractivity contribution in [1.29, 1.82) is 0 Å². The van der Waals surface area contributed by atoms with E-state index in [1.54, 1.807) is 19.2 Å². The number of likely N-dealkylation sites (tertiary alicyclic amines) is 1. The van der Waals surface area contributed by atoms with E-state index >= 15 is 0 Å². The average Bonchev–Trinajstić information content (AvgIpc) is 3.27. The molecule has 2 heterocycles. The molecule has 5 nitrogen and oxygen atoms in total. The van der Waals surface area contributed by atoms with Gasteiger partial charge in [-0.15, -0.1) is 0 Å². The van der Waals surface area contributed by atoms with E-state index in [4.69, 9.17) is 4.74 Å². The molecule has 0 bridgehead atoms. The third kappa shape index (κ3) is 3.96. The largest absolute Gasteiger partial charge is 0.508 e. The Hall–Kier alpha value is -2.40. The summed E-state index contributed by atoms with van der Waals surface area (Å²) in [5.41, 5.74) is 5.05. The number of aromatic hydroxyl groups is 1. The number of phenols is 1. The molecule has 2 amide bonds. The van der Waals surface area contributed by atoms with Crippen molar-refractivity contribution in [3.05, 3.63) is 46.5 Å². The molecule has 5 heteroatoms. The second kappa shape index (κ2) is 8.62. The van der Waals surface area contributed by atoms with E-state index in [-0.39, 0.29) is 41.4 Å². The summed E-state index contributed by atoms with van der Waals surface area (Å²) in [5.74, 6) is 0.120. The van der Waals surface area contributed by atoms with E-state index in [1.165, 1.54) is 21.6 Å². The number of nitrogens with zero attached hydrogens (tertiary/aromatic N) is 1. The van der Waals surface area contributed by atoms with Crippen LogP contribution in [0.15, 0.2) is 41.0 Å². The molecule has 3 aliphatic rings. The van der Waals surface area contributed by atoms with Crippen molar-refractivity contribution < 1.29 is 19.4 Å². The average molecular weight is 424 g/mol. The Morgan fingerprint density at radius 3 is 2.55 bits per heavy atom. The molecule has 2 aliphatic heterocycles. The summed E-state index contributed by atoms with van der Waals surface area (Å²) >= 11 is 0. The van der Waals surface area contributed by atoms with Gasteiger partial charge >= 0.3 is 0 Å². The van der Waals surface area contributed by atoms with Gasteiger partial charge in [0.1, 0.15) is 5.75 Å². The summed E-state index contributed by atoms with van der Waals surface area (Å²) in [6, 6.07) is 7.26. The highest BCUT2D eigenvalue weighted by molar-refractivity contribution is 6.05. The Kier molecular flexibility index (Phi) is 6.07. The Morgan fingerprint density at radius 2 is 1.90 bits per heavy atom. The van der Waals surface area contributed by atoms with E-state index in [2.05, 4.69) is 26.8 Å². The number of rotatable bonds is 6. The molecule has 1 aromatic carbocycles. The van der Waals surface area contributed by atoms with Gasteiger partial charge in [0.05, 0.1) is 24.5 Å². The smallest absolute Gasteiger partial charge is 0.233 e. The van der Waals surface area contributed by atoms with E-state index in [9.17, 15) is 14.7 Å². The lowest BCUT2D eigenvalue weighted by atomic mass is 9.67. The summed E-state index contributed by atoms with van der Waals surface area (Å²) in [7, 11) is 1.62. The summed E-state index contributed by atoms with van der Waals surface area (Å²) in [4.78, 5) is 26.8. The molecule has 31 heavy (non-hydrogen) atoms. The second-order valence-corrected chi connectivity index (χ2v) is 9.42. The van der Waals surface area contributed by atoms with E-state index < -0.39 is 0 Å². The van der Waals surface area contributed by atoms with Crippen molar-refractivity contribution in [3.8, 4) is 5.75 Å². The first kappa shape index (κ1) is 21.8. The maximum Gasteiger partial charge on any atom is 0.233 e. The molecule has 0 spiro atoms. The molecule has 0 aromatic heterocycles. The molecule has 1 aromatic rings. The summed E-state index contributed by atoms with van der Waals surface area (Å²) in [6.07, 6.45) is 5.66. The van der Waals surface area contributed by atoms with Crippen molar-refractivity contribution in [2.75, 3.05) is 13.7 Å². The van der Waals surface area contributed by atoms with Gasteiger partial charge in [-0.3, -0.25) is 14.5 Å². The summed E-state index contributed by atoms with van der Waals surface area (Å²) in [6.45, 7) is 7.06. The van der Waals surface area contributed by atoms with Crippen molar-refractivity contribution in [2.45, 2.75) is 52.6 Å². The molecule has 2 fully saturated rings. The minimum Gasteiger partial charge on any atom is -0.508 e. The molecule has 0 unspecified atom stereocenters. The lowest BCUT2D eigenvalue weighted by Crippen LogP contribution is -2.34. The molecule has 1 aliphatic carbocycles. The molecule has 2 saturated heterocycles. The number of carbonyl (C=O) groups excluding carboxylic acids is 2. The molecule has 4 atom stereocenters. The van der Waals surface area contributed by atoms with Crippen LogP contribution in [0.2, 0.25) is 0 Å². The van der Waals surface area contributed by atoms with Gasteiger partial charge in [0.15, 0.2) is 0 Å². The number of benzene rings is 1. The Labute approximate surface area is 184 Å². The molecular formula is C26H33NO4. The number of ether oxygens (including phenoxy) is 1. The quantitative estimate of drug-likeness (QED) is 0.538. The van der Waals surface area contributed by atoms with Gasteiger partial charge < -0.3 is 9.84 Å². The van der Waals surface area contributed by atoms with Crippen LogP contribution in [0.4, 0.5) is 0 Å². The number of amides is 2. The number of allylic oxidation sites excluding steroid dienone is 2. The van der Waals surface area contributed by atoms with Gasteiger partial charge in [-0.05, 0) is 54.9 Å². The number of phenolic OH excluding ortho intramolecular Hbond substituents is 1. The maximum absolute atomic E-state index is 12.8. The van der Waals surface area contributed by atoms with Crippen LogP contribution in [0.25, 0.3) is 6.08 Å². The second-order valence-electron chi connectivity index (χ2n) is 9.42. The lowest BCUT2D eigenvalue weighted by molar-refractivity contribution is -0.138. The number of carbonyl (C=O) groups is 2. The first-order chi connectivity index (χ1) is 14.8. The van der Waals surface area contributed by atoms with E-state index in [0.29, 0.717) is 18.9 Å². The summed E-state index contributed by atoms with van der Waals surface area (Å²) < 4.78 is 6.27. The minimum atomic E-state index is -0.252. The third-order valence-corrected chi connectivity index (χ3v) is 7.31. The van der Waals surface area contributed by atoms with Crippen LogP contribution in [-0.2, 0) is 14.3 Å². The highest BCUT2D eigenvalue weighted by Crippen LogP contribution is 2.51. The zero-order valence-corrected chi connectivity index (χ0v) is 18.9. The monoisotopic (exact) mass is 423 g/mol. The fourth-order valence-corrected chi connectivity index (χ4v) is 5.59. The van der Waals surface area contributed by atoms with Gasteiger partial charge in [-0.2, -0.15) is 0 Å². The predicted octanol–water partition coefficient (Wildman–Crippen LogP) is 4.57. The SMILES string of the molecule is CC/C(=C\c1ccc(O)cc1)CC[C@H]1OC[C@H]2C1=C(C(C)C)C[C@H]1C(=O)N(C)C(=O)[C@H]12. The number of hydrogen-bond donors (Lipinski definition) is 1. The normalized spacial score (nSPS) is 28.5. The van der Waals surface area contributed by atoms with Crippen molar-refractivity contribution >= 4 is 17.9 Å². The topological polar surface area (TPSA) is 66.8 Å². The predicted molar refractivity (Wildman–Crippen MR) is 120 cm³/mol. The minimum absolute atomic E-state index is 0.0203. The molecule has 0 radical (unpaired) electrons. The van der Waals surface area contributed by atoms with Crippen LogP contribution in [0, 0.1) is 23.7 Å². The highest BCUT2D eigenvalue weighted by atomic mass is 16.5. The maximum atomic E-state index is 12.8. The number of hydrogen-bond acceptors (Lipinski definition) is 4.